The van der Waals surface area contributed by atoms with Gasteiger partial charge in [0.25, 0.3) is 5.91 Å². The molecule has 2 heterocycles. The highest BCUT2D eigenvalue weighted by molar-refractivity contribution is 6.00. The highest BCUT2D eigenvalue weighted by Gasteiger charge is 2.36. The highest BCUT2D eigenvalue weighted by atomic mass is 19.4. The molecule has 35 heavy (non-hydrogen) atoms. The maximum Gasteiger partial charge on any atom is 0.416 e. The zero-order chi connectivity index (χ0) is 24.9. The number of rotatable bonds is 5. The van der Waals surface area contributed by atoms with E-state index in [1.165, 1.54) is 30.2 Å². The predicted molar refractivity (Wildman–Crippen MR) is 120 cm³/mol. The summed E-state index contributed by atoms with van der Waals surface area (Å²) >= 11 is 0. The molecule has 1 atom stereocenters. The van der Waals surface area contributed by atoms with Crippen LogP contribution in [0.25, 0.3) is 10.9 Å². The molecule has 2 aromatic carbocycles. The van der Waals surface area contributed by atoms with Gasteiger partial charge in [0.05, 0.1) is 42.5 Å². The van der Waals surface area contributed by atoms with E-state index < -0.39 is 29.5 Å². The number of fused-ring (bicyclic) bond motifs is 4. The lowest BCUT2D eigenvalue weighted by Crippen LogP contribution is -2.37. The minimum atomic E-state index is -4.45. The number of nitrogen functional groups attached to an aromatic ring is 1. The topological polar surface area (TPSA) is 77.7 Å². The molecule has 0 bridgehead atoms. The third-order valence-corrected chi connectivity index (χ3v) is 6.74. The van der Waals surface area contributed by atoms with Crippen molar-refractivity contribution in [2.75, 3.05) is 26.0 Å². The van der Waals surface area contributed by atoms with Gasteiger partial charge in [-0.2, -0.15) is 13.2 Å². The molecule has 1 aliphatic carbocycles. The summed E-state index contributed by atoms with van der Waals surface area (Å²) in [5.41, 5.74) is 8.11. The quantitative estimate of drug-likeness (QED) is 0.522. The number of anilines is 1. The summed E-state index contributed by atoms with van der Waals surface area (Å²) < 4.78 is 65.4. The van der Waals surface area contributed by atoms with Crippen molar-refractivity contribution in [1.29, 1.82) is 0 Å². The first kappa shape index (κ1) is 23.5. The average Bonchev–Trinajstić information content (AvgIpc) is 3.46. The van der Waals surface area contributed by atoms with Gasteiger partial charge in [-0.15, -0.1) is 0 Å². The van der Waals surface area contributed by atoms with Gasteiger partial charge >= 0.3 is 6.18 Å². The van der Waals surface area contributed by atoms with Crippen LogP contribution in [-0.2, 0) is 35.3 Å². The molecular formula is C25H23F4N3O3. The molecule has 1 aromatic heterocycles. The van der Waals surface area contributed by atoms with Crippen LogP contribution in [0.15, 0.2) is 30.3 Å². The Labute approximate surface area is 198 Å². The minimum absolute atomic E-state index is 0.144. The SMILES string of the molecule is COCCN(C(=O)c1cc2c3c(c(N)nc2cc1F)COC3)C1CCc2cc(C(F)(F)F)ccc21. The van der Waals surface area contributed by atoms with Crippen LogP contribution in [0.2, 0.25) is 0 Å². The number of aryl methyl sites for hydroxylation is 1. The number of hydrogen-bond donors (Lipinski definition) is 1. The van der Waals surface area contributed by atoms with Crippen LogP contribution in [0.4, 0.5) is 23.4 Å². The van der Waals surface area contributed by atoms with E-state index in [-0.39, 0.29) is 31.1 Å². The summed E-state index contributed by atoms with van der Waals surface area (Å²) in [6.07, 6.45) is -3.63. The van der Waals surface area contributed by atoms with Gasteiger partial charge in [-0.25, -0.2) is 9.37 Å². The first-order chi connectivity index (χ1) is 16.7. The maximum atomic E-state index is 15.2. The zero-order valence-electron chi connectivity index (χ0n) is 18.9. The van der Waals surface area contributed by atoms with E-state index in [1.54, 1.807) is 0 Å². The van der Waals surface area contributed by atoms with E-state index >= 15 is 4.39 Å². The molecule has 1 unspecified atom stereocenters. The normalized spacial score (nSPS) is 17.0. The van der Waals surface area contributed by atoms with Crippen molar-refractivity contribution in [3.8, 4) is 0 Å². The van der Waals surface area contributed by atoms with E-state index in [0.29, 0.717) is 41.5 Å². The standard InChI is InChI=1S/C25H23F4N3O3/c1-34-7-6-32(22-5-2-13-8-14(25(27,28)29)3-4-15(13)22)24(33)17-9-16-18-11-35-12-19(18)23(30)31-21(16)10-20(17)26/h3-4,8-10,22H,2,5-7,11-12H2,1H3,(H2,30,31). The lowest BCUT2D eigenvalue weighted by molar-refractivity contribution is -0.137. The molecule has 2 aliphatic rings. The van der Waals surface area contributed by atoms with Crippen molar-refractivity contribution in [2.24, 2.45) is 0 Å². The van der Waals surface area contributed by atoms with E-state index in [4.69, 9.17) is 15.2 Å². The van der Waals surface area contributed by atoms with Crippen LogP contribution in [-0.4, -0.2) is 36.1 Å². The van der Waals surface area contributed by atoms with Crippen LogP contribution in [0.3, 0.4) is 0 Å². The second kappa shape index (κ2) is 8.76. The van der Waals surface area contributed by atoms with Crippen LogP contribution < -0.4 is 5.73 Å². The van der Waals surface area contributed by atoms with Crippen LogP contribution in [0.1, 0.15) is 50.6 Å². The molecular weight excluding hydrogens is 466 g/mol. The number of aromatic nitrogens is 1. The number of halogens is 4. The van der Waals surface area contributed by atoms with Gasteiger partial charge in [-0.3, -0.25) is 4.79 Å². The largest absolute Gasteiger partial charge is 0.416 e. The van der Waals surface area contributed by atoms with Crippen LogP contribution >= 0.6 is 0 Å². The molecule has 0 radical (unpaired) electrons. The molecule has 0 spiro atoms. The van der Waals surface area contributed by atoms with E-state index in [0.717, 1.165) is 23.3 Å². The molecule has 10 heteroatoms. The van der Waals surface area contributed by atoms with Gasteiger partial charge < -0.3 is 20.1 Å². The van der Waals surface area contributed by atoms with Crippen LogP contribution in [0.5, 0.6) is 0 Å². The summed E-state index contributed by atoms with van der Waals surface area (Å²) in [6, 6.07) is 5.72. The second-order valence-corrected chi connectivity index (χ2v) is 8.75. The number of nitrogens with two attached hydrogens (primary N) is 1. The number of carbonyl (C=O) groups is 1. The lowest BCUT2D eigenvalue weighted by atomic mass is 10.00. The highest BCUT2D eigenvalue weighted by Crippen LogP contribution is 2.40. The molecule has 0 fully saturated rings. The Balaban J connectivity index is 1.55. The maximum absolute atomic E-state index is 15.2. The van der Waals surface area contributed by atoms with Crippen molar-refractivity contribution >= 4 is 22.6 Å². The fraction of sp³-hybridized carbons (Fsp3) is 0.360. The third-order valence-electron chi connectivity index (χ3n) is 6.74. The Hall–Kier alpha value is -3.24. The molecule has 0 saturated carbocycles. The van der Waals surface area contributed by atoms with E-state index in [2.05, 4.69) is 4.98 Å². The number of nitrogens with zero attached hydrogens (tertiary/aromatic N) is 2. The second-order valence-electron chi connectivity index (χ2n) is 8.75. The predicted octanol–water partition coefficient (Wildman–Crippen LogP) is 4.78. The number of carbonyl (C=O) groups excluding carboxylic acids is 1. The summed E-state index contributed by atoms with van der Waals surface area (Å²) in [7, 11) is 1.48. The number of hydrogen-bond acceptors (Lipinski definition) is 5. The summed E-state index contributed by atoms with van der Waals surface area (Å²) in [4.78, 5) is 19.4. The first-order valence-electron chi connectivity index (χ1n) is 11.2. The van der Waals surface area contributed by atoms with Gasteiger partial charge in [0, 0.05) is 30.7 Å². The Bertz CT molecular complexity index is 1330. The Morgan fingerprint density at radius 1 is 1.23 bits per heavy atom. The molecule has 0 saturated heterocycles. The summed E-state index contributed by atoms with van der Waals surface area (Å²) in [6.45, 7) is 0.917. The Kier molecular flexibility index (Phi) is 5.88. The average molecular weight is 489 g/mol. The zero-order valence-corrected chi connectivity index (χ0v) is 18.9. The first-order valence-corrected chi connectivity index (χ1v) is 11.2. The minimum Gasteiger partial charge on any atom is -0.383 e. The molecule has 6 nitrogen and oxygen atoms in total. The van der Waals surface area contributed by atoms with E-state index in [9.17, 15) is 18.0 Å². The molecule has 1 aliphatic heterocycles. The molecule has 3 aromatic rings. The van der Waals surface area contributed by atoms with Gasteiger partial charge in [0.15, 0.2) is 0 Å². The molecule has 2 N–H and O–H groups in total. The number of amides is 1. The molecule has 184 valence electrons. The number of alkyl halides is 3. The van der Waals surface area contributed by atoms with Crippen molar-refractivity contribution in [3.63, 3.8) is 0 Å². The lowest BCUT2D eigenvalue weighted by Gasteiger charge is -2.30. The van der Waals surface area contributed by atoms with Gasteiger partial charge in [0.2, 0.25) is 0 Å². The van der Waals surface area contributed by atoms with Crippen LogP contribution in [0, 0.1) is 5.82 Å². The molecule has 5 rings (SSSR count). The summed E-state index contributed by atoms with van der Waals surface area (Å²) in [5, 5.41) is 0.588. The van der Waals surface area contributed by atoms with E-state index in [1.807, 2.05) is 0 Å². The fourth-order valence-electron chi connectivity index (χ4n) is 4.99. The Morgan fingerprint density at radius 2 is 2.00 bits per heavy atom. The monoisotopic (exact) mass is 489 g/mol. The van der Waals surface area contributed by atoms with Crippen molar-refractivity contribution in [3.05, 3.63) is 69.5 Å². The molecule has 1 amide bonds. The van der Waals surface area contributed by atoms with Gasteiger partial charge in [0.1, 0.15) is 11.6 Å². The Morgan fingerprint density at radius 3 is 2.74 bits per heavy atom. The summed E-state index contributed by atoms with van der Waals surface area (Å²) in [5.74, 6) is -1.05. The number of benzene rings is 2. The fourth-order valence-corrected chi connectivity index (χ4v) is 4.99. The van der Waals surface area contributed by atoms with Gasteiger partial charge in [-0.05, 0) is 47.7 Å². The van der Waals surface area contributed by atoms with Gasteiger partial charge in [-0.1, -0.05) is 6.07 Å². The third kappa shape index (κ3) is 4.10. The number of pyridine rings is 1. The van der Waals surface area contributed by atoms with Crippen molar-refractivity contribution < 1.29 is 31.8 Å². The smallest absolute Gasteiger partial charge is 0.383 e. The van der Waals surface area contributed by atoms with Crippen molar-refractivity contribution in [1.82, 2.24) is 9.88 Å². The van der Waals surface area contributed by atoms with Crippen molar-refractivity contribution in [2.45, 2.75) is 38.3 Å². The number of ether oxygens (including phenoxy) is 2. The number of methoxy groups -OCH3 is 1.